The molecule has 3 rings (SSSR count). The molecule has 1 aromatic rings. The molecule has 0 saturated carbocycles. The summed E-state index contributed by atoms with van der Waals surface area (Å²) in [6.45, 7) is 5.99. The third-order valence-electron chi connectivity index (χ3n) is 5.20. The van der Waals surface area contributed by atoms with Gasteiger partial charge in [-0.2, -0.15) is 0 Å². The molecule has 23 heavy (non-hydrogen) atoms. The zero-order valence-electron chi connectivity index (χ0n) is 14.0. The zero-order valence-corrected chi connectivity index (χ0v) is 14.0. The number of halogens is 1. The first-order valence-electron chi connectivity index (χ1n) is 8.83. The molecule has 2 fully saturated rings. The molecule has 2 aliphatic heterocycles. The van der Waals surface area contributed by atoms with Crippen molar-refractivity contribution in [3.8, 4) is 0 Å². The molecule has 0 spiro atoms. The number of aryl methyl sites for hydroxylation is 1. The molecule has 2 aliphatic rings. The summed E-state index contributed by atoms with van der Waals surface area (Å²) in [4.78, 5) is 2.60. The van der Waals surface area contributed by atoms with Crippen molar-refractivity contribution in [2.24, 2.45) is 0 Å². The van der Waals surface area contributed by atoms with E-state index in [1.165, 1.54) is 6.07 Å². The van der Waals surface area contributed by atoms with Gasteiger partial charge in [0, 0.05) is 38.4 Å². The first-order valence-corrected chi connectivity index (χ1v) is 8.83. The number of nitrogens with two attached hydrogens (primary N) is 1. The molecule has 0 aliphatic carbocycles. The number of nitrogen functional groups attached to an aromatic ring is 1. The summed E-state index contributed by atoms with van der Waals surface area (Å²) in [5.74, 6) is -0.204. The third kappa shape index (κ3) is 3.96. The Morgan fingerprint density at radius 3 is 2.57 bits per heavy atom. The lowest BCUT2D eigenvalue weighted by atomic mass is 9.99. The van der Waals surface area contributed by atoms with Gasteiger partial charge in [0.05, 0.1) is 11.4 Å². The maximum Gasteiger partial charge on any atom is 0.128 e. The zero-order chi connectivity index (χ0) is 16.2. The first kappa shape index (κ1) is 16.5. The van der Waals surface area contributed by atoms with Crippen molar-refractivity contribution in [3.05, 3.63) is 23.5 Å². The van der Waals surface area contributed by atoms with Crippen molar-refractivity contribution in [2.75, 3.05) is 37.4 Å². The van der Waals surface area contributed by atoms with Gasteiger partial charge < -0.3 is 20.7 Å². The van der Waals surface area contributed by atoms with Crippen molar-refractivity contribution in [1.29, 1.82) is 0 Å². The Kier molecular flexibility index (Phi) is 5.38. The van der Waals surface area contributed by atoms with Crippen molar-refractivity contribution >= 4 is 11.4 Å². The summed E-state index contributed by atoms with van der Waals surface area (Å²) in [6, 6.07) is 4.42. The molecule has 0 atom stereocenters. The van der Waals surface area contributed by atoms with Crippen LogP contribution in [-0.4, -0.2) is 43.3 Å². The van der Waals surface area contributed by atoms with Crippen LogP contribution < -0.4 is 11.1 Å². The number of nitrogens with zero attached hydrogens (tertiary/aromatic N) is 1. The summed E-state index contributed by atoms with van der Waals surface area (Å²) in [5, 5.41) is 3.53. The Labute approximate surface area is 138 Å². The van der Waals surface area contributed by atoms with Crippen molar-refractivity contribution in [1.82, 2.24) is 4.90 Å². The molecule has 2 saturated heterocycles. The van der Waals surface area contributed by atoms with Gasteiger partial charge in [-0.25, -0.2) is 4.39 Å². The first-order chi connectivity index (χ1) is 11.2. The predicted octanol–water partition coefficient (Wildman–Crippen LogP) is 3.03. The molecular formula is C18H28FN3O. The average Bonchev–Trinajstić information content (AvgIpc) is 2.59. The number of hydrogen-bond donors (Lipinski definition) is 2. The molecule has 0 unspecified atom stereocenters. The number of likely N-dealkylation sites (tertiary alicyclic amines) is 1. The third-order valence-corrected chi connectivity index (χ3v) is 5.20. The fourth-order valence-corrected chi connectivity index (χ4v) is 3.71. The number of nitrogens with one attached hydrogen (secondary N) is 1. The van der Waals surface area contributed by atoms with Gasteiger partial charge in [-0.05, 0) is 49.8 Å². The summed E-state index contributed by atoms with van der Waals surface area (Å²) in [6.07, 6.45) is 5.21. The second-order valence-electron chi connectivity index (χ2n) is 6.68. The monoisotopic (exact) mass is 321 g/mol. The van der Waals surface area contributed by atoms with Gasteiger partial charge >= 0.3 is 0 Å². The van der Waals surface area contributed by atoms with Gasteiger partial charge in [-0.15, -0.1) is 0 Å². The van der Waals surface area contributed by atoms with Gasteiger partial charge in [-0.1, -0.05) is 6.92 Å². The normalized spacial score (nSPS) is 21.5. The standard InChI is InChI=1S/C18H28FN3O/c1-2-13-11-18(17(20)12-16(13)19)21-14-3-7-22(8-4-14)15-5-9-23-10-6-15/h11-12,14-15,21H,2-10,20H2,1H3. The van der Waals surface area contributed by atoms with Crippen LogP contribution in [0.3, 0.4) is 0 Å². The Morgan fingerprint density at radius 2 is 1.91 bits per heavy atom. The molecule has 0 bridgehead atoms. The number of benzene rings is 1. The van der Waals surface area contributed by atoms with Crippen LogP contribution in [0.4, 0.5) is 15.8 Å². The summed E-state index contributed by atoms with van der Waals surface area (Å²) < 4.78 is 19.2. The number of anilines is 2. The molecule has 0 aromatic heterocycles. The van der Waals surface area contributed by atoms with Gasteiger partial charge in [0.2, 0.25) is 0 Å². The van der Waals surface area contributed by atoms with Crippen LogP contribution in [0.1, 0.15) is 38.2 Å². The fourth-order valence-electron chi connectivity index (χ4n) is 3.71. The highest BCUT2D eigenvalue weighted by molar-refractivity contribution is 5.67. The van der Waals surface area contributed by atoms with E-state index in [4.69, 9.17) is 10.5 Å². The summed E-state index contributed by atoms with van der Waals surface area (Å²) >= 11 is 0. The predicted molar refractivity (Wildman–Crippen MR) is 92.2 cm³/mol. The molecule has 3 N–H and O–H groups in total. The van der Waals surface area contributed by atoms with E-state index in [0.717, 1.165) is 63.2 Å². The van der Waals surface area contributed by atoms with E-state index in [1.54, 1.807) is 0 Å². The van der Waals surface area contributed by atoms with Gasteiger partial charge in [0.15, 0.2) is 0 Å². The molecule has 128 valence electrons. The quantitative estimate of drug-likeness (QED) is 0.837. The van der Waals surface area contributed by atoms with E-state index in [9.17, 15) is 4.39 Å². The molecule has 4 nitrogen and oxygen atoms in total. The van der Waals surface area contributed by atoms with Crippen molar-refractivity contribution in [2.45, 2.75) is 51.1 Å². The molecular weight excluding hydrogens is 293 g/mol. The Hall–Kier alpha value is -1.33. The van der Waals surface area contributed by atoms with Crippen molar-refractivity contribution < 1.29 is 9.13 Å². The van der Waals surface area contributed by atoms with E-state index in [2.05, 4.69) is 10.2 Å². The number of ether oxygens (including phenoxy) is 1. The molecule has 0 amide bonds. The van der Waals surface area contributed by atoms with Crippen LogP contribution in [-0.2, 0) is 11.2 Å². The Bertz CT molecular complexity index is 523. The lowest BCUT2D eigenvalue weighted by Crippen LogP contribution is -2.46. The fraction of sp³-hybridized carbons (Fsp3) is 0.667. The minimum absolute atomic E-state index is 0.204. The highest BCUT2D eigenvalue weighted by Crippen LogP contribution is 2.27. The highest BCUT2D eigenvalue weighted by atomic mass is 19.1. The molecule has 1 aromatic carbocycles. The Morgan fingerprint density at radius 1 is 1.22 bits per heavy atom. The van der Waals surface area contributed by atoms with Crippen LogP contribution in [0.5, 0.6) is 0 Å². The van der Waals surface area contributed by atoms with Gasteiger partial charge in [-0.3, -0.25) is 0 Å². The second kappa shape index (κ2) is 7.49. The van der Waals surface area contributed by atoms with Crippen LogP contribution in [0.15, 0.2) is 12.1 Å². The van der Waals surface area contributed by atoms with Crippen LogP contribution in [0.2, 0.25) is 0 Å². The number of piperidine rings is 1. The van der Waals surface area contributed by atoms with Gasteiger partial charge in [0.25, 0.3) is 0 Å². The number of rotatable bonds is 4. The lowest BCUT2D eigenvalue weighted by Gasteiger charge is -2.39. The highest BCUT2D eigenvalue weighted by Gasteiger charge is 2.26. The second-order valence-corrected chi connectivity index (χ2v) is 6.68. The summed E-state index contributed by atoms with van der Waals surface area (Å²) in [7, 11) is 0. The molecule has 0 radical (unpaired) electrons. The van der Waals surface area contributed by atoms with E-state index >= 15 is 0 Å². The van der Waals surface area contributed by atoms with Crippen LogP contribution >= 0.6 is 0 Å². The SMILES string of the molecule is CCc1cc(NC2CCN(C3CCOCC3)CC2)c(N)cc1F. The van der Waals surface area contributed by atoms with E-state index in [0.29, 0.717) is 24.2 Å². The maximum atomic E-state index is 13.7. The minimum Gasteiger partial charge on any atom is -0.397 e. The molecule has 2 heterocycles. The van der Waals surface area contributed by atoms with E-state index in [1.807, 2.05) is 13.0 Å². The molecule has 5 heteroatoms. The maximum absolute atomic E-state index is 13.7. The van der Waals surface area contributed by atoms with E-state index < -0.39 is 0 Å². The van der Waals surface area contributed by atoms with Crippen molar-refractivity contribution in [3.63, 3.8) is 0 Å². The summed E-state index contributed by atoms with van der Waals surface area (Å²) in [5.41, 5.74) is 8.09. The largest absolute Gasteiger partial charge is 0.397 e. The van der Waals surface area contributed by atoms with Crippen LogP contribution in [0.25, 0.3) is 0 Å². The lowest BCUT2D eigenvalue weighted by molar-refractivity contribution is 0.0262. The topological polar surface area (TPSA) is 50.5 Å². The number of hydrogen-bond acceptors (Lipinski definition) is 4. The average molecular weight is 321 g/mol. The Balaban J connectivity index is 1.56. The smallest absolute Gasteiger partial charge is 0.128 e. The minimum atomic E-state index is -0.204. The van der Waals surface area contributed by atoms with Gasteiger partial charge in [0.1, 0.15) is 5.82 Å². The van der Waals surface area contributed by atoms with Crippen LogP contribution in [0, 0.1) is 5.82 Å². The van der Waals surface area contributed by atoms with E-state index in [-0.39, 0.29) is 5.82 Å².